The highest BCUT2D eigenvalue weighted by Gasteiger charge is 2.20. The summed E-state index contributed by atoms with van der Waals surface area (Å²) >= 11 is 0. The highest BCUT2D eigenvalue weighted by Crippen LogP contribution is 2.47. The van der Waals surface area contributed by atoms with Gasteiger partial charge in [0.1, 0.15) is 0 Å². The molecule has 0 aromatic heterocycles. The van der Waals surface area contributed by atoms with Gasteiger partial charge in [-0.3, -0.25) is 0 Å². The molecule has 0 radical (unpaired) electrons. The SMILES string of the molecule is c1ccc2c(-c3c4ccccc4c(-c4cccc5ccccc45)c4ccccc34)cccc2c1.c1ccc2cc(-c3c4ccccc4c(-c4ccc5ccccc5c4)c4ccccc34)ccc2c1. The van der Waals surface area contributed by atoms with Gasteiger partial charge < -0.3 is 0 Å². The van der Waals surface area contributed by atoms with Crippen LogP contribution in [0.2, 0.25) is 0 Å². The summed E-state index contributed by atoms with van der Waals surface area (Å²) in [6.45, 7) is 0. The zero-order valence-corrected chi connectivity index (χ0v) is 37.4. The summed E-state index contributed by atoms with van der Waals surface area (Å²) < 4.78 is 0. The van der Waals surface area contributed by atoms with Crippen LogP contribution < -0.4 is 0 Å². The number of hydrogen-bond acceptors (Lipinski definition) is 0. The third kappa shape index (κ3) is 6.61. The molecule has 0 aliphatic carbocycles. The first-order valence-electron chi connectivity index (χ1n) is 23.6. The number of benzene rings is 14. The molecule has 0 aliphatic rings. The Morgan fingerprint density at radius 3 is 0.735 bits per heavy atom. The van der Waals surface area contributed by atoms with Crippen LogP contribution in [-0.4, -0.2) is 0 Å². The molecule has 14 rings (SSSR count). The Morgan fingerprint density at radius 2 is 0.397 bits per heavy atom. The second-order valence-electron chi connectivity index (χ2n) is 17.9. The molecule has 0 N–H and O–H groups in total. The van der Waals surface area contributed by atoms with Crippen molar-refractivity contribution in [3.8, 4) is 44.5 Å². The quantitative estimate of drug-likeness (QED) is 0.155. The van der Waals surface area contributed by atoms with E-state index >= 15 is 0 Å². The third-order valence-electron chi connectivity index (χ3n) is 14.1. The van der Waals surface area contributed by atoms with E-state index in [9.17, 15) is 0 Å². The van der Waals surface area contributed by atoms with Crippen molar-refractivity contribution < 1.29 is 0 Å². The Bertz CT molecular complexity index is 3870. The van der Waals surface area contributed by atoms with Crippen molar-refractivity contribution in [2.45, 2.75) is 0 Å². The predicted octanol–water partition coefficient (Wildman–Crippen LogP) is 19.3. The topological polar surface area (TPSA) is 0 Å². The van der Waals surface area contributed by atoms with Gasteiger partial charge in [0, 0.05) is 0 Å². The van der Waals surface area contributed by atoms with Crippen molar-refractivity contribution in [2.24, 2.45) is 0 Å². The van der Waals surface area contributed by atoms with Crippen molar-refractivity contribution in [3.05, 3.63) is 267 Å². The monoisotopic (exact) mass is 860 g/mol. The Labute approximate surface area is 395 Å². The zero-order chi connectivity index (χ0) is 45.0. The normalized spacial score (nSPS) is 11.5. The van der Waals surface area contributed by atoms with Gasteiger partial charge in [-0.2, -0.15) is 0 Å². The molecule has 0 saturated heterocycles. The largest absolute Gasteiger partial charge is 0.0616 e. The van der Waals surface area contributed by atoms with Crippen LogP contribution in [0, 0.1) is 0 Å². The molecule has 316 valence electrons. The number of rotatable bonds is 4. The lowest BCUT2D eigenvalue weighted by molar-refractivity contribution is 1.68. The molecule has 0 atom stereocenters. The molecule has 0 bridgehead atoms. The van der Waals surface area contributed by atoms with Gasteiger partial charge in [-0.1, -0.05) is 255 Å². The summed E-state index contributed by atoms with van der Waals surface area (Å²) in [5.41, 5.74) is 10.3. The van der Waals surface area contributed by atoms with Crippen molar-refractivity contribution >= 4 is 86.2 Å². The molecular formula is C68H44. The molecule has 68 heavy (non-hydrogen) atoms. The fraction of sp³-hybridized carbons (Fsp3) is 0. The maximum Gasteiger partial charge on any atom is -0.00201 e. The van der Waals surface area contributed by atoms with E-state index in [-0.39, 0.29) is 0 Å². The molecular weight excluding hydrogens is 817 g/mol. The van der Waals surface area contributed by atoms with Crippen LogP contribution in [0.15, 0.2) is 267 Å². The maximum absolute atomic E-state index is 2.33. The minimum Gasteiger partial charge on any atom is -0.0616 e. The summed E-state index contributed by atoms with van der Waals surface area (Å²) in [7, 11) is 0. The van der Waals surface area contributed by atoms with E-state index in [2.05, 4.69) is 267 Å². The average Bonchev–Trinajstić information content (AvgIpc) is 3.41. The van der Waals surface area contributed by atoms with Gasteiger partial charge in [0.15, 0.2) is 0 Å². The van der Waals surface area contributed by atoms with Crippen LogP contribution in [-0.2, 0) is 0 Å². The van der Waals surface area contributed by atoms with Gasteiger partial charge in [-0.05, 0) is 143 Å². The number of fused-ring (bicyclic) bond motifs is 8. The fourth-order valence-electron chi connectivity index (χ4n) is 11.0. The first kappa shape index (κ1) is 39.5. The van der Waals surface area contributed by atoms with E-state index < -0.39 is 0 Å². The Balaban J connectivity index is 0.000000134. The highest BCUT2D eigenvalue weighted by molar-refractivity contribution is 6.26. The minimum atomic E-state index is 1.26. The van der Waals surface area contributed by atoms with Crippen molar-refractivity contribution in [1.82, 2.24) is 0 Å². The molecule has 0 fully saturated rings. The van der Waals surface area contributed by atoms with Gasteiger partial charge in [-0.15, -0.1) is 0 Å². The van der Waals surface area contributed by atoms with Crippen molar-refractivity contribution in [1.29, 1.82) is 0 Å². The first-order valence-corrected chi connectivity index (χ1v) is 23.6. The molecule has 0 heteroatoms. The van der Waals surface area contributed by atoms with Crippen LogP contribution in [0.4, 0.5) is 0 Å². The summed E-state index contributed by atoms with van der Waals surface area (Å²) in [6.07, 6.45) is 0. The van der Waals surface area contributed by atoms with Crippen LogP contribution in [0.3, 0.4) is 0 Å². The van der Waals surface area contributed by atoms with Crippen molar-refractivity contribution in [3.63, 3.8) is 0 Å². The van der Waals surface area contributed by atoms with Crippen molar-refractivity contribution in [2.75, 3.05) is 0 Å². The first-order chi connectivity index (χ1) is 33.8. The predicted molar refractivity (Wildman–Crippen MR) is 295 cm³/mol. The van der Waals surface area contributed by atoms with Crippen LogP contribution in [0.5, 0.6) is 0 Å². The van der Waals surface area contributed by atoms with Crippen LogP contribution in [0.25, 0.3) is 131 Å². The van der Waals surface area contributed by atoms with Crippen LogP contribution >= 0.6 is 0 Å². The third-order valence-corrected chi connectivity index (χ3v) is 14.1. The fourth-order valence-corrected chi connectivity index (χ4v) is 11.0. The molecule has 0 amide bonds. The minimum absolute atomic E-state index is 1.26. The summed E-state index contributed by atoms with van der Waals surface area (Å²) in [5.74, 6) is 0. The Kier molecular flexibility index (Phi) is 9.62. The van der Waals surface area contributed by atoms with E-state index in [1.54, 1.807) is 0 Å². The molecule has 0 unspecified atom stereocenters. The lowest BCUT2D eigenvalue weighted by Gasteiger charge is -2.19. The molecule has 0 spiro atoms. The standard InChI is InChI=1S/2C34H22/c1-3-15-25-23(11-1)13-9-21-27(25)33-29-17-5-7-19-31(29)34(32-20-8-6-18-30(32)33)28-22-10-14-24-12-2-4-16-26(24)28;1-3-11-25-21-27(19-17-23(25)9-1)33-29-13-5-7-15-31(29)34(32-16-8-6-14-30(32)33)28-20-18-24-10-2-4-12-26(24)22-28/h2*1-22H. The Morgan fingerprint density at radius 1 is 0.147 bits per heavy atom. The smallest absolute Gasteiger partial charge is 0.00201 e. The van der Waals surface area contributed by atoms with Crippen LogP contribution in [0.1, 0.15) is 0 Å². The zero-order valence-electron chi connectivity index (χ0n) is 37.4. The van der Waals surface area contributed by atoms with Gasteiger partial charge in [-0.25, -0.2) is 0 Å². The van der Waals surface area contributed by atoms with E-state index in [1.807, 2.05) is 0 Å². The molecule has 0 aliphatic heterocycles. The second-order valence-corrected chi connectivity index (χ2v) is 17.9. The molecule has 0 saturated carbocycles. The Hall–Kier alpha value is -8.84. The van der Waals surface area contributed by atoms with Gasteiger partial charge in [0.2, 0.25) is 0 Å². The van der Waals surface area contributed by atoms with E-state index in [1.165, 1.54) is 131 Å². The van der Waals surface area contributed by atoms with E-state index in [0.717, 1.165) is 0 Å². The van der Waals surface area contributed by atoms with E-state index in [0.29, 0.717) is 0 Å². The molecule has 14 aromatic rings. The summed E-state index contributed by atoms with van der Waals surface area (Å²) in [5, 5.41) is 20.5. The summed E-state index contributed by atoms with van der Waals surface area (Å²) in [6, 6.07) is 97.1. The average molecular weight is 861 g/mol. The van der Waals surface area contributed by atoms with Gasteiger partial charge >= 0.3 is 0 Å². The van der Waals surface area contributed by atoms with Gasteiger partial charge in [0.05, 0.1) is 0 Å². The lowest BCUT2D eigenvalue weighted by atomic mass is 9.84. The maximum atomic E-state index is 2.33. The lowest BCUT2D eigenvalue weighted by Crippen LogP contribution is -1.92. The molecule has 14 aromatic carbocycles. The molecule has 0 heterocycles. The summed E-state index contributed by atoms with van der Waals surface area (Å²) in [4.78, 5) is 0. The van der Waals surface area contributed by atoms with Gasteiger partial charge in [0.25, 0.3) is 0 Å². The number of hydrogen-bond donors (Lipinski definition) is 0. The highest BCUT2D eigenvalue weighted by atomic mass is 14.2. The van der Waals surface area contributed by atoms with E-state index in [4.69, 9.17) is 0 Å². The second kappa shape index (κ2) is 16.5. The molecule has 0 nitrogen and oxygen atoms in total.